The molecule has 0 aromatic heterocycles. The van der Waals surface area contributed by atoms with Gasteiger partial charge in [-0.15, -0.1) is 0 Å². The van der Waals surface area contributed by atoms with E-state index < -0.39 is 0 Å². The molecule has 0 saturated heterocycles. The average molecular weight is 713 g/mol. The maximum Gasteiger partial charge on any atom is 0.0296 e. The first-order chi connectivity index (χ1) is 27.5. The first-order valence-corrected chi connectivity index (χ1v) is 20.1. The van der Waals surface area contributed by atoms with Gasteiger partial charge in [0.15, 0.2) is 0 Å². The summed E-state index contributed by atoms with van der Waals surface area (Å²) in [4.78, 5) is 0. The molecular weight excluding hydrogens is 673 g/mol. The van der Waals surface area contributed by atoms with Gasteiger partial charge in [-0.25, -0.2) is 0 Å². The molecule has 264 valence electrons. The number of hydrogen-bond acceptors (Lipinski definition) is 0. The van der Waals surface area contributed by atoms with E-state index in [1.165, 1.54) is 111 Å². The Morgan fingerprint density at radius 1 is 0.321 bits per heavy atom. The van der Waals surface area contributed by atoms with E-state index in [4.69, 9.17) is 0 Å². The molecule has 9 aromatic rings. The predicted molar refractivity (Wildman–Crippen MR) is 235 cm³/mol. The van der Waals surface area contributed by atoms with Gasteiger partial charge in [0.2, 0.25) is 0 Å². The molecule has 0 nitrogen and oxygen atoms in total. The van der Waals surface area contributed by atoms with Gasteiger partial charge < -0.3 is 0 Å². The SMILES string of the molecule is CC1(C)c2ccccc2-c2c(-c3c4ccccc4c(-c4ccc5c(c4)C4(Cc6ccccc6C4)c4ccccc4-5)c4ccc(-c5ccccc5)cc34)cccc21. The van der Waals surface area contributed by atoms with Crippen molar-refractivity contribution in [2.45, 2.75) is 37.5 Å². The van der Waals surface area contributed by atoms with Crippen molar-refractivity contribution < 1.29 is 0 Å². The minimum Gasteiger partial charge on any atom is -0.0622 e. The minimum absolute atomic E-state index is 0.0670. The molecule has 3 aliphatic carbocycles. The maximum absolute atomic E-state index is 2.58. The van der Waals surface area contributed by atoms with Crippen molar-refractivity contribution in [1.82, 2.24) is 0 Å². The molecule has 0 heteroatoms. The third-order valence-electron chi connectivity index (χ3n) is 13.7. The highest BCUT2D eigenvalue weighted by molar-refractivity contribution is 6.23. The standard InChI is InChI=1S/C56H40/c1-55(2)48-24-12-11-22-45(48)54-46(23-14-26-50(54)55)53-43-21-9-8-20-42(43)52(44-30-27-36(31-47(44)53)35-15-4-3-5-16-35)37-28-29-41-40-19-10-13-25-49(40)56(51(41)32-37)33-38-17-6-7-18-39(38)34-56/h3-32H,33-34H2,1-2H3. The summed E-state index contributed by atoms with van der Waals surface area (Å²) < 4.78 is 0. The Bertz CT molecular complexity index is 3080. The van der Waals surface area contributed by atoms with E-state index in [1.54, 1.807) is 0 Å². The molecule has 56 heavy (non-hydrogen) atoms. The molecule has 0 aliphatic heterocycles. The lowest BCUT2D eigenvalue weighted by atomic mass is 9.74. The zero-order valence-electron chi connectivity index (χ0n) is 31.7. The third-order valence-corrected chi connectivity index (χ3v) is 13.7. The molecule has 0 unspecified atom stereocenters. The summed E-state index contributed by atoms with van der Waals surface area (Å²) in [6.07, 6.45) is 2.07. The van der Waals surface area contributed by atoms with Gasteiger partial charge in [0.25, 0.3) is 0 Å². The summed E-state index contributed by atoms with van der Waals surface area (Å²) in [5, 5.41) is 5.18. The molecule has 0 saturated carbocycles. The van der Waals surface area contributed by atoms with Crippen molar-refractivity contribution in [2.24, 2.45) is 0 Å². The van der Waals surface area contributed by atoms with Crippen LogP contribution in [0.4, 0.5) is 0 Å². The van der Waals surface area contributed by atoms with Crippen LogP contribution in [0.15, 0.2) is 182 Å². The largest absolute Gasteiger partial charge is 0.0622 e. The van der Waals surface area contributed by atoms with Crippen molar-refractivity contribution in [2.75, 3.05) is 0 Å². The normalized spacial score (nSPS) is 15.1. The lowest BCUT2D eigenvalue weighted by Crippen LogP contribution is -2.25. The first kappa shape index (κ1) is 31.8. The molecule has 1 spiro atoms. The molecule has 12 rings (SSSR count). The van der Waals surface area contributed by atoms with Crippen molar-refractivity contribution in [3.05, 3.63) is 215 Å². The van der Waals surface area contributed by atoms with Gasteiger partial charge in [-0.05, 0) is 136 Å². The molecule has 9 aromatic carbocycles. The van der Waals surface area contributed by atoms with Crippen molar-refractivity contribution in [3.8, 4) is 55.6 Å². The second-order valence-electron chi connectivity index (χ2n) is 16.8. The quantitative estimate of drug-likeness (QED) is 0.160. The second kappa shape index (κ2) is 11.5. The first-order valence-electron chi connectivity index (χ1n) is 20.1. The zero-order chi connectivity index (χ0) is 37.2. The van der Waals surface area contributed by atoms with Crippen LogP contribution in [-0.2, 0) is 23.7 Å². The molecule has 3 aliphatic rings. The highest BCUT2D eigenvalue weighted by Gasteiger charge is 2.47. The highest BCUT2D eigenvalue weighted by Crippen LogP contribution is 2.58. The second-order valence-corrected chi connectivity index (χ2v) is 16.8. The van der Waals surface area contributed by atoms with Crippen LogP contribution < -0.4 is 0 Å². The Hall–Kier alpha value is -6.50. The van der Waals surface area contributed by atoms with Gasteiger partial charge in [-0.1, -0.05) is 184 Å². The van der Waals surface area contributed by atoms with Crippen LogP contribution in [0.5, 0.6) is 0 Å². The maximum atomic E-state index is 2.58. The van der Waals surface area contributed by atoms with E-state index in [2.05, 4.69) is 196 Å². The van der Waals surface area contributed by atoms with E-state index in [0.29, 0.717) is 0 Å². The number of rotatable bonds is 3. The van der Waals surface area contributed by atoms with Crippen LogP contribution in [0.1, 0.15) is 47.2 Å². The van der Waals surface area contributed by atoms with Crippen LogP contribution in [0.3, 0.4) is 0 Å². The van der Waals surface area contributed by atoms with E-state index in [1.807, 2.05) is 0 Å². The summed E-state index contributed by atoms with van der Waals surface area (Å²) in [6, 6.07) is 69.1. The Morgan fingerprint density at radius 3 is 1.68 bits per heavy atom. The molecule has 0 radical (unpaired) electrons. The lowest BCUT2D eigenvalue weighted by molar-refractivity contribution is 0.564. The Balaban J connectivity index is 1.17. The van der Waals surface area contributed by atoms with Crippen LogP contribution in [-0.4, -0.2) is 0 Å². The van der Waals surface area contributed by atoms with Gasteiger partial charge in [0.1, 0.15) is 0 Å². The number of fused-ring (bicyclic) bond motifs is 11. The molecule has 0 amide bonds. The third kappa shape index (κ3) is 4.25. The fraction of sp³-hybridized carbons (Fsp3) is 0.107. The van der Waals surface area contributed by atoms with E-state index >= 15 is 0 Å². The fourth-order valence-electron chi connectivity index (χ4n) is 11.2. The Kier molecular flexibility index (Phi) is 6.54. The highest BCUT2D eigenvalue weighted by atomic mass is 14.5. The average Bonchev–Trinajstić information content (AvgIpc) is 3.85. The van der Waals surface area contributed by atoms with Crippen LogP contribution in [0.25, 0.3) is 77.2 Å². The number of hydrogen-bond donors (Lipinski definition) is 0. The molecular formula is C56H40. The zero-order valence-corrected chi connectivity index (χ0v) is 31.7. The smallest absolute Gasteiger partial charge is 0.0296 e. The summed E-state index contributed by atoms with van der Waals surface area (Å²) in [7, 11) is 0. The molecule has 0 atom stereocenters. The van der Waals surface area contributed by atoms with Crippen LogP contribution in [0.2, 0.25) is 0 Å². The van der Waals surface area contributed by atoms with Crippen LogP contribution in [0, 0.1) is 0 Å². The topological polar surface area (TPSA) is 0 Å². The fourth-order valence-corrected chi connectivity index (χ4v) is 11.2. The monoisotopic (exact) mass is 712 g/mol. The predicted octanol–water partition coefficient (Wildman–Crippen LogP) is 14.4. The molecule has 0 bridgehead atoms. The molecule has 0 fully saturated rings. The van der Waals surface area contributed by atoms with E-state index in [0.717, 1.165) is 12.8 Å². The van der Waals surface area contributed by atoms with E-state index in [9.17, 15) is 0 Å². The Morgan fingerprint density at radius 2 is 0.893 bits per heavy atom. The van der Waals surface area contributed by atoms with Gasteiger partial charge >= 0.3 is 0 Å². The summed E-state index contributed by atoms with van der Waals surface area (Å²) in [5.74, 6) is 0. The van der Waals surface area contributed by atoms with Gasteiger partial charge in [-0.2, -0.15) is 0 Å². The van der Waals surface area contributed by atoms with Gasteiger partial charge in [0.05, 0.1) is 0 Å². The van der Waals surface area contributed by atoms with Crippen LogP contribution >= 0.6 is 0 Å². The van der Waals surface area contributed by atoms with Crippen molar-refractivity contribution >= 4 is 21.5 Å². The minimum atomic E-state index is -0.0828. The summed E-state index contributed by atoms with van der Waals surface area (Å²) >= 11 is 0. The Labute approximate surface area is 328 Å². The summed E-state index contributed by atoms with van der Waals surface area (Å²) in [5.41, 5.74) is 21.8. The number of benzene rings is 9. The van der Waals surface area contributed by atoms with Gasteiger partial charge in [-0.3, -0.25) is 0 Å². The summed E-state index contributed by atoms with van der Waals surface area (Å²) in [6.45, 7) is 4.77. The van der Waals surface area contributed by atoms with Crippen molar-refractivity contribution in [3.63, 3.8) is 0 Å². The molecule has 0 N–H and O–H groups in total. The molecule has 0 heterocycles. The van der Waals surface area contributed by atoms with Crippen molar-refractivity contribution in [1.29, 1.82) is 0 Å². The van der Waals surface area contributed by atoms with E-state index in [-0.39, 0.29) is 10.8 Å². The van der Waals surface area contributed by atoms with Gasteiger partial charge in [0, 0.05) is 10.8 Å². The lowest BCUT2D eigenvalue weighted by Gasteiger charge is -2.27.